The van der Waals surface area contributed by atoms with Crippen LogP contribution in [-0.2, 0) is 9.53 Å². The monoisotopic (exact) mass is 205 g/mol. The molecule has 0 spiro atoms. The first-order valence-corrected chi connectivity index (χ1v) is 5.96. The van der Waals surface area contributed by atoms with Gasteiger partial charge in [-0.1, -0.05) is 6.92 Å². The van der Waals surface area contributed by atoms with Crippen LogP contribution in [0.25, 0.3) is 0 Å². The van der Waals surface area contributed by atoms with E-state index in [4.69, 9.17) is 10.5 Å². The number of hydrogen-bond acceptors (Lipinski definition) is 4. The summed E-state index contributed by atoms with van der Waals surface area (Å²) in [6.45, 7) is 3.85. The third-order valence-electron chi connectivity index (χ3n) is 1.83. The smallest absolute Gasteiger partial charge is 0.323 e. The lowest BCUT2D eigenvalue weighted by Gasteiger charge is -2.14. The normalized spacial score (nSPS) is 15.1. The van der Waals surface area contributed by atoms with Gasteiger partial charge in [0.15, 0.2) is 0 Å². The van der Waals surface area contributed by atoms with E-state index >= 15 is 0 Å². The minimum absolute atomic E-state index is 0.0205. The third-order valence-corrected chi connectivity index (χ3v) is 2.47. The van der Waals surface area contributed by atoms with E-state index in [2.05, 4.69) is 0 Å². The van der Waals surface area contributed by atoms with E-state index in [-0.39, 0.29) is 12.1 Å². The molecule has 3 nitrogen and oxygen atoms in total. The number of ether oxygens (including phenoxy) is 1. The molecule has 0 rings (SSSR count). The molecule has 0 aliphatic rings. The van der Waals surface area contributed by atoms with E-state index < -0.39 is 6.04 Å². The summed E-state index contributed by atoms with van der Waals surface area (Å²) in [5.74, 6) is 0.625. The van der Waals surface area contributed by atoms with Crippen LogP contribution in [0.5, 0.6) is 0 Å². The molecule has 2 atom stereocenters. The molecule has 13 heavy (non-hydrogen) atoms. The summed E-state index contributed by atoms with van der Waals surface area (Å²) < 4.78 is 5.09. The summed E-state index contributed by atoms with van der Waals surface area (Å²) in [6.07, 6.45) is 3.50. The first-order chi connectivity index (χ1) is 6.11. The van der Waals surface area contributed by atoms with Gasteiger partial charge in [0.1, 0.15) is 6.04 Å². The Hall–Kier alpha value is -0.220. The summed E-state index contributed by atoms with van der Waals surface area (Å²) in [4.78, 5) is 11.3. The molecule has 0 aromatic heterocycles. The topological polar surface area (TPSA) is 52.3 Å². The number of carbonyl (C=O) groups excluding carboxylic acids is 1. The lowest BCUT2D eigenvalue weighted by molar-refractivity contribution is -0.149. The van der Waals surface area contributed by atoms with Gasteiger partial charge >= 0.3 is 5.97 Å². The van der Waals surface area contributed by atoms with E-state index in [1.165, 1.54) is 0 Å². The number of nitrogens with two attached hydrogens (primary N) is 1. The van der Waals surface area contributed by atoms with E-state index in [9.17, 15) is 4.79 Å². The number of carbonyl (C=O) groups is 1. The van der Waals surface area contributed by atoms with Gasteiger partial charge in [-0.25, -0.2) is 0 Å². The standard InChI is InChI=1S/C9H19NO2S/c1-4-7(2)12-9(11)8(10)5-6-13-3/h7-8H,4-6,10H2,1-3H3/t7?,8-/m1/s1. The molecule has 1 unspecified atom stereocenters. The van der Waals surface area contributed by atoms with Crippen molar-refractivity contribution in [2.45, 2.75) is 38.8 Å². The Kier molecular flexibility index (Phi) is 7.09. The van der Waals surface area contributed by atoms with Gasteiger partial charge in [-0.2, -0.15) is 11.8 Å². The Bertz CT molecular complexity index is 153. The van der Waals surface area contributed by atoms with Crippen molar-refractivity contribution in [3.8, 4) is 0 Å². The summed E-state index contributed by atoms with van der Waals surface area (Å²) in [5, 5.41) is 0. The fourth-order valence-corrected chi connectivity index (χ4v) is 1.22. The Balaban J connectivity index is 3.68. The lowest BCUT2D eigenvalue weighted by atomic mass is 10.2. The maximum Gasteiger partial charge on any atom is 0.323 e. The van der Waals surface area contributed by atoms with Gasteiger partial charge < -0.3 is 10.5 Å². The van der Waals surface area contributed by atoms with Gasteiger partial charge in [-0.3, -0.25) is 4.79 Å². The summed E-state index contributed by atoms with van der Waals surface area (Å²) in [7, 11) is 0. The molecule has 78 valence electrons. The third kappa shape index (κ3) is 5.93. The molecule has 0 aromatic rings. The molecule has 0 aromatic carbocycles. The average molecular weight is 205 g/mol. The number of rotatable bonds is 6. The molecule has 2 N–H and O–H groups in total. The van der Waals surface area contributed by atoms with Gasteiger partial charge in [0.25, 0.3) is 0 Å². The zero-order valence-corrected chi connectivity index (χ0v) is 9.39. The lowest BCUT2D eigenvalue weighted by Crippen LogP contribution is -2.34. The van der Waals surface area contributed by atoms with E-state index in [0.717, 1.165) is 12.2 Å². The summed E-state index contributed by atoms with van der Waals surface area (Å²) in [5.41, 5.74) is 5.62. The molecular weight excluding hydrogens is 186 g/mol. The first-order valence-electron chi connectivity index (χ1n) is 4.56. The predicted octanol–water partition coefficient (Wildman–Crippen LogP) is 1.41. The molecule has 0 aliphatic carbocycles. The van der Waals surface area contributed by atoms with Crippen LogP contribution in [0.2, 0.25) is 0 Å². The molecular formula is C9H19NO2S. The number of thioether (sulfide) groups is 1. The highest BCUT2D eigenvalue weighted by molar-refractivity contribution is 7.98. The number of hydrogen-bond donors (Lipinski definition) is 1. The van der Waals surface area contributed by atoms with Crippen LogP contribution in [-0.4, -0.2) is 30.1 Å². The molecule has 0 fully saturated rings. The molecule has 0 aliphatic heterocycles. The largest absolute Gasteiger partial charge is 0.462 e. The highest BCUT2D eigenvalue weighted by Gasteiger charge is 2.16. The summed E-state index contributed by atoms with van der Waals surface area (Å²) >= 11 is 1.68. The van der Waals surface area contributed by atoms with Crippen molar-refractivity contribution >= 4 is 17.7 Å². The molecule has 4 heteroatoms. The highest BCUT2D eigenvalue weighted by Crippen LogP contribution is 2.03. The van der Waals surface area contributed by atoms with Crippen molar-refractivity contribution in [2.24, 2.45) is 5.73 Å². The van der Waals surface area contributed by atoms with Gasteiger partial charge in [0.05, 0.1) is 6.10 Å². The van der Waals surface area contributed by atoms with Gasteiger partial charge in [0.2, 0.25) is 0 Å². The molecule has 0 radical (unpaired) electrons. The van der Waals surface area contributed by atoms with Crippen LogP contribution >= 0.6 is 11.8 Å². The van der Waals surface area contributed by atoms with Crippen LogP contribution in [0.1, 0.15) is 26.7 Å². The Morgan fingerprint density at radius 3 is 2.69 bits per heavy atom. The van der Waals surface area contributed by atoms with Crippen LogP contribution in [0.4, 0.5) is 0 Å². The van der Waals surface area contributed by atoms with Crippen molar-refractivity contribution in [1.29, 1.82) is 0 Å². The molecule has 0 amide bonds. The zero-order valence-electron chi connectivity index (χ0n) is 8.58. The summed E-state index contributed by atoms with van der Waals surface area (Å²) in [6, 6.07) is -0.457. The van der Waals surface area contributed by atoms with E-state index in [0.29, 0.717) is 6.42 Å². The highest BCUT2D eigenvalue weighted by atomic mass is 32.2. The van der Waals surface area contributed by atoms with Crippen molar-refractivity contribution in [2.75, 3.05) is 12.0 Å². The van der Waals surface area contributed by atoms with Crippen LogP contribution in [0.15, 0.2) is 0 Å². The second-order valence-electron chi connectivity index (χ2n) is 3.04. The average Bonchev–Trinajstić information content (AvgIpc) is 2.13. The second kappa shape index (κ2) is 7.21. The van der Waals surface area contributed by atoms with E-state index in [1.807, 2.05) is 20.1 Å². The van der Waals surface area contributed by atoms with Crippen molar-refractivity contribution in [1.82, 2.24) is 0 Å². The van der Waals surface area contributed by atoms with Crippen LogP contribution in [0, 0.1) is 0 Å². The minimum atomic E-state index is -0.457. The first kappa shape index (κ1) is 12.8. The fraction of sp³-hybridized carbons (Fsp3) is 0.889. The minimum Gasteiger partial charge on any atom is -0.462 e. The van der Waals surface area contributed by atoms with Crippen molar-refractivity contribution < 1.29 is 9.53 Å². The fourth-order valence-electron chi connectivity index (χ4n) is 0.732. The SMILES string of the molecule is CCC(C)OC(=O)[C@H](N)CCSC. The molecule has 0 bridgehead atoms. The molecule has 0 saturated carbocycles. The van der Waals surface area contributed by atoms with Crippen LogP contribution < -0.4 is 5.73 Å². The maximum absolute atomic E-state index is 11.3. The van der Waals surface area contributed by atoms with Crippen LogP contribution in [0.3, 0.4) is 0 Å². The van der Waals surface area contributed by atoms with Crippen molar-refractivity contribution in [3.63, 3.8) is 0 Å². The quantitative estimate of drug-likeness (QED) is 0.666. The molecule has 0 saturated heterocycles. The van der Waals surface area contributed by atoms with Gasteiger partial charge in [0, 0.05) is 0 Å². The second-order valence-corrected chi connectivity index (χ2v) is 4.03. The predicted molar refractivity (Wildman–Crippen MR) is 56.8 cm³/mol. The van der Waals surface area contributed by atoms with E-state index in [1.54, 1.807) is 11.8 Å². The Morgan fingerprint density at radius 2 is 2.23 bits per heavy atom. The van der Waals surface area contributed by atoms with Gasteiger partial charge in [-0.05, 0) is 31.8 Å². The number of esters is 1. The van der Waals surface area contributed by atoms with Crippen molar-refractivity contribution in [3.05, 3.63) is 0 Å². The zero-order chi connectivity index (χ0) is 10.3. The van der Waals surface area contributed by atoms with Gasteiger partial charge in [-0.15, -0.1) is 0 Å². The maximum atomic E-state index is 11.3. The Morgan fingerprint density at radius 1 is 1.62 bits per heavy atom. The molecule has 0 heterocycles. The Labute approximate surface area is 84.4 Å².